The minimum absolute atomic E-state index is 0.0339. The maximum Gasteiger partial charge on any atom is 0.306 e. The molecule has 9 nitrogen and oxygen atoms in total. The van der Waals surface area contributed by atoms with E-state index in [0.29, 0.717) is 23.9 Å². The lowest BCUT2D eigenvalue weighted by molar-refractivity contribution is -0.870. The van der Waals surface area contributed by atoms with Gasteiger partial charge in [0.2, 0.25) is 5.91 Å². The topological polar surface area (TPSA) is 114 Å². The van der Waals surface area contributed by atoms with E-state index in [9.17, 15) is 19.0 Å². The van der Waals surface area contributed by atoms with Crippen LogP contribution >= 0.6 is 7.82 Å². The third kappa shape index (κ3) is 51.9. The van der Waals surface area contributed by atoms with Crippen molar-refractivity contribution in [2.75, 3.05) is 40.9 Å². The Morgan fingerprint density at radius 3 is 1.37 bits per heavy atom. The average molecular weight is 1010 g/mol. The van der Waals surface area contributed by atoms with Crippen LogP contribution < -0.4 is 10.2 Å². The summed E-state index contributed by atoms with van der Waals surface area (Å²) >= 11 is 0. The predicted octanol–water partition coefficient (Wildman–Crippen LogP) is 16.8. The molecule has 0 bridgehead atoms. The predicted molar refractivity (Wildman–Crippen MR) is 302 cm³/mol. The SMILES string of the molecule is CC/C=C\C/C=C\C/C=C\C/C=C\C/C=C\CCCCCC(=O)OC(/C=C/CCCCCCCCCCCC)C(COP(=O)([O-])OCC[N+](C)(C)C)NC(=O)CCCCC/C=C\CCCCCCCCC. The first-order valence-corrected chi connectivity index (χ1v) is 30.4. The molecule has 0 aromatic heterocycles. The van der Waals surface area contributed by atoms with Crippen molar-refractivity contribution in [3.8, 4) is 0 Å². The average Bonchev–Trinajstić information content (AvgIpc) is 3.33. The molecular formula is C61H109N2O7P. The van der Waals surface area contributed by atoms with E-state index in [0.717, 1.165) is 96.3 Å². The number of allylic oxidation sites excluding steroid dienone is 13. The van der Waals surface area contributed by atoms with Gasteiger partial charge in [-0.2, -0.15) is 0 Å². The molecule has 0 aliphatic heterocycles. The van der Waals surface area contributed by atoms with Crippen LogP contribution in [0.3, 0.4) is 0 Å². The van der Waals surface area contributed by atoms with Crippen LogP contribution in [0.1, 0.15) is 239 Å². The van der Waals surface area contributed by atoms with Gasteiger partial charge in [0, 0.05) is 12.8 Å². The quantitative estimate of drug-likeness (QED) is 0.0212. The van der Waals surface area contributed by atoms with Crippen molar-refractivity contribution in [1.82, 2.24) is 5.32 Å². The summed E-state index contributed by atoms with van der Waals surface area (Å²) in [5, 5.41) is 3.00. The van der Waals surface area contributed by atoms with Crippen LogP contribution in [0.4, 0.5) is 0 Å². The Morgan fingerprint density at radius 1 is 0.507 bits per heavy atom. The second-order valence-corrected chi connectivity index (χ2v) is 21.8. The van der Waals surface area contributed by atoms with Gasteiger partial charge >= 0.3 is 5.97 Å². The Kier molecular flexibility index (Phi) is 48.7. The molecule has 10 heteroatoms. The number of hydrogen-bond acceptors (Lipinski definition) is 7. The molecule has 0 fully saturated rings. The van der Waals surface area contributed by atoms with Crippen LogP contribution in [0.15, 0.2) is 85.1 Å². The lowest BCUT2D eigenvalue weighted by Gasteiger charge is -2.30. The van der Waals surface area contributed by atoms with Crippen LogP contribution in [0.25, 0.3) is 0 Å². The van der Waals surface area contributed by atoms with Gasteiger partial charge in [-0.15, -0.1) is 0 Å². The monoisotopic (exact) mass is 1010 g/mol. The Hall–Kier alpha value is -2.81. The summed E-state index contributed by atoms with van der Waals surface area (Å²) in [6.07, 6.45) is 65.5. The number of ether oxygens (including phenoxy) is 1. The third-order valence-electron chi connectivity index (χ3n) is 12.3. The molecule has 0 aromatic rings. The highest BCUT2D eigenvalue weighted by molar-refractivity contribution is 7.45. The van der Waals surface area contributed by atoms with E-state index < -0.39 is 26.6 Å². The maximum absolute atomic E-state index is 13.5. The van der Waals surface area contributed by atoms with Crippen LogP contribution in [-0.2, 0) is 27.9 Å². The molecule has 0 aliphatic carbocycles. The number of unbranched alkanes of at least 4 members (excludes halogenated alkanes) is 23. The van der Waals surface area contributed by atoms with Crippen molar-refractivity contribution in [2.24, 2.45) is 0 Å². The van der Waals surface area contributed by atoms with E-state index in [4.69, 9.17) is 13.8 Å². The summed E-state index contributed by atoms with van der Waals surface area (Å²) in [5.74, 6) is -0.601. The van der Waals surface area contributed by atoms with Crippen molar-refractivity contribution in [2.45, 2.75) is 251 Å². The van der Waals surface area contributed by atoms with Gasteiger partial charge in [-0.25, -0.2) is 0 Å². The first-order valence-electron chi connectivity index (χ1n) is 28.9. The second-order valence-electron chi connectivity index (χ2n) is 20.4. The van der Waals surface area contributed by atoms with E-state index in [-0.39, 0.29) is 31.3 Å². The number of phosphoric ester groups is 1. The van der Waals surface area contributed by atoms with Crippen LogP contribution in [0, 0.1) is 0 Å². The number of amides is 1. The summed E-state index contributed by atoms with van der Waals surface area (Å²) in [6, 6.07) is -0.912. The van der Waals surface area contributed by atoms with Crippen molar-refractivity contribution >= 4 is 19.7 Å². The third-order valence-corrected chi connectivity index (χ3v) is 13.3. The van der Waals surface area contributed by atoms with E-state index in [1.54, 1.807) is 0 Å². The molecule has 0 spiro atoms. The molecule has 71 heavy (non-hydrogen) atoms. The van der Waals surface area contributed by atoms with E-state index in [1.807, 2.05) is 33.3 Å². The Balaban J connectivity index is 5.42. The van der Waals surface area contributed by atoms with Gasteiger partial charge in [0.25, 0.3) is 7.82 Å². The summed E-state index contributed by atoms with van der Waals surface area (Å²) < 4.78 is 30.2. The number of nitrogens with one attached hydrogen (secondary N) is 1. The number of carbonyl (C=O) groups is 2. The van der Waals surface area contributed by atoms with Gasteiger partial charge in [-0.05, 0) is 102 Å². The van der Waals surface area contributed by atoms with Crippen molar-refractivity contribution in [3.05, 3.63) is 85.1 Å². The summed E-state index contributed by atoms with van der Waals surface area (Å²) in [6.45, 7) is 6.68. The zero-order valence-corrected chi connectivity index (χ0v) is 47.5. The number of quaternary nitrogens is 1. The molecule has 0 rings (SSSR count). The lowest BCUT2D eigenvalue weighted by atomic mass is 10.1. The van der Waals surface area contributed by atoms with Crippen molar-refractivity contribution in [1.29, 1.82) is 0 Å². The standard InChI is InChI=1S/C61H109N2O7P/c1-7-10-13-16-19-22-25-28-30-31-32-33-34-36-39-42-45-48-51-54-61(65)70-59(52-49-46-43-40-37-27-24-21-18-15-12-9-3)58(57-69-71(66,67)68-56-55-63(4,5)6)62-60(64)53-50-47-44-41-38-35-29-26-23-20-17-14-11-8-2/h10,13,19,22,28,30,32-33,35-36,38-39,49,52,58-59H,7-9,11-12,14-18,20-21,23-27,29,31,34,37,40-48,50-51,53-57H2,1-6H3,(H-,62,64,66,67)/b13-10-,22-19-,30-28-,33-32-,38-35-,39-36-,52-49+. The first-order chi connectivity index (χ1) is 34.4. The largest absolute Gasteiger partial charge is 0.756 e. The van der Waals surface area contributed by atoms with Gasteiger partial charge in [0.15, 0.2) is 0 Å². The molecule has 0 radical (unpaired) electrons. The minimum atomic E-state index is -4.71. The zero-order valence-electron chi connectivity index (χ0n) is 46.7. The van der Waals surface area contributed by atoms with Gasteiger partial charge in [0.05, 0.1) is 33.8 Å². The van der Waals surface area contributed by atoms with Crippen molar-refractivity contribution < 1.29 is 37.3 Å². The first kappa shape index (κ1) is 68.2. The molecule has 1 N–H and O–H groups in total. The maximum atomic E-state index is 13.5. The Labute approximate surface area is 437 Å². The summed E-state index contributed by atoms with van der Waals surface area (Å²) in [4.78, 5) is 39.8. The molecule has 0 saturated heterocycles. The normalized spacial score (nSPS) is 14.4. The van der Waals surface area contributed by atoms with Crippen molar-refractivity contribution in [3.63, 3.8) is 0 Å². The molecule has 0 aliphatic rings. The minimum Gasteiger partial charge on any atom is -0.756 e. The number of hydrogen-bond donors (Lipinski definition) is 1. The van der Waals surface area contributed by atoms with E-state index >= 15 is 0 Å². The molecule has 3 atom stereocenters. The van der Waals surface area contributed by atoms with E-state index in [1.165, 1.54) is 96.3 Å². The Bertz CT molecular complexity index is 1490. The zero-order chi connectivity index (χ0) is 52.2. The number of likely N-dealkylation sites (N-methyl/N-ethyl adjacent to an activating group) is 1. The van der Waals surface area contributed by atoms with Gasteiger partial charge in [-0.3, -0.25) is 14.2 Å². The highest BCUT2D eigenvalue weighted by Gasteiger charge is 2.27. The fraction of sp³-hybridized carbons (Fsp3) is 0.738. The summed E-state index contributed by atoms with van der Waals surface area (Å²) in [7, 11) is 1.15. The second kappa shape index (κ2) is 50.7. The fourth-order valence-corrected chi connectivity index (χ4v) is 8.56. The lowest BCUT2D eigenvalue weighted by Crippen LogP contribution is -2.47. The van der Waals surface area contributed by atoms with E-state index in [2.05, 4.69) is 99.0 Å². The van der Waals surface area contributed by atoms with Crippen LogP contribution in [0.2, 0.25) is 0 Å². The summed E-state index contributed by atoms with van der Waals surface area (Å²) in [5.41, 5.74) is 0. The molecule has 3 unspecified atom stereocenters. The molecule has 0 saturated carbocycles. The van der Waals surface area contributed by atoms with Gasteiger partial charge in [0.1, 0.15) is 19.3 Å². The number of rotatable bonds is 51. The van der Waals surface area contributed by atoms with Crippen LogP contribution in [-0.4, -0.2) is 69.4 Å². The molecule has 0 aromatic carbocycles. The van der Waals surface area contributed by atoms with Gasteiger partial charge in [-0.1, -0.05) is 209 Å². The smallest absolute Gasteiger partial charge is 0.306 e. The number of esters is 1. The number of carbonyl (C=O) groups excluding carboxylic acids is 2. The van der Waals surface area contributed by atoms with Crippen LogP contribution in [0.5, 0.6) is 0 Å². The highest BCUT2D eigenvalue weighted by atomic mass is 31.2. The molecule has 0 heterocycles. The molecule has 1 amide bonds. The number of phosphoric acid groups is 1. The fourth-order valence-electron chi connectivity index (χ4n) is 7.84. The highest BCUT2D eigenvalue weighted by Crippen LogP contribution is 2.38. The van der Waals surface area contributed by atoms with Gasteiger partial charge < -0.3 is 28.5 Å². The number of nitrogens with zero attached hydrogens (tertiary/aromatic N) is 1. The Morgan fingerprint density at radius 2 is 0.901 bits per heavy atom. The molecular weight excluding hydrogens is 904 g/mol. The molecule has 410 valence electrons.